The number of hydrogen-bond donors (Lipinski definition) is 1. The molecular formula is C8H5NO3S. The Morgan fingerprint density at radius 2 is 2.23 bits per heavy atom. The van der Waals surface area contributed by atoms with Crippen LogP contribution in [0.15, 0.2) is 28.7 Å². The van der Waals surface area contributed by atoms with E-state index in [2.05, 4.69) is 22.1 Å². The van der Waals surface area contributed by atoms with E-state index >= 15 is 0 Å². The summed E-state index contributed by atoms with van der Waals surface area (Å²) in [5.74, 6) is -0.782. The number of carbonyl (C=O) groups is 1. The lowest BCUT2D eigenvalue weighted by Gasteiger charge is -1.86. The van der Waals surface area contributed by atoms with Gasteiger partial charge >= 0.3 is 11.9 Å². The maximum atomic E-state index is 10.9. The molecule has 13 heavy (non-hydrogen) atoms. The van der Waals surface area contributed by atoms with Crippen LogP contribution in [0.4, 0.5) is 0 Å². The van der Waals surface area contributed by atoms with E-state index in [-0.39, 0.29) is 5.89 Å². The number of oxazole rings is 1. The third kappa shape index (κ3) is 1.38. The van der Waals surface area contributed by atoms with Gasteiger partial charge in [-0.2, -0.15) is 0 Å². The van der Waals surface area contributed by atoms with Crippen molar-refractivity contribution >= 4 is 30.0 Å². The van der Waals surface area contributed by atoms with E-state index in [1.54, 1.807) is 24.3 Å². The lowest BCUT2D eigenvalue weighted by molar-refractivity contribution is 0.0734. The molecule has 0 saturated heterocycles. The Kier molecular flexibility index (Phi) is 1.94. The van der Waals surface area contributed by atoms with Crippen molar-refractivity contribution in [3.8, 4) is 0 Å². The third-order valence-corrected chi connectivity index (χ3v) is 1.72. The van der Waals surface area contributed by atoms with Crippen LogP contribution in [0.2, 0.25) is 0 Å². The highest BCUT2D eigenvalue weighted by atomic mass is 32.1. The Morgan fingerprint density at radius 1 is 1.46 bits per heavy atom. The minimum atomic E-state index is -0.695. The molecule has 0 aliphatic rings. The van der Waals surface area contributed by atoms with Crippen LogP contribution in [-0.2, 0) is 4.18 Å². The topological polar surface area (TPSA) is 52.3 Å². The van der Waals surface area contributed by atoms with Crippen LogP contribution < -0.4 is 0 Å². The van der Waals surface area contributed by atoms with E-state index in [9.17, 15) is 4.79 Å². The number of hydrogen-bond acceptors (Lipinski definition) is 5. The van der Waals surface area contributed by atoms with Gasteiger partial charge in [-0.25, -0.2) is 9.78 Å². The van der Waals surface area contributed by atoms with Crippen LogP contribution in [0.3, 0.4) is 0 Å². The van der Waals surface area contributed by atoms with Gasteiger partial charge in [0.05, 0.1) is 0 Å². The zero-order valence-corrected chi connectivity index (χ0v) is 7.32. The first-order valence-corrected chi connectivity index (χ1v) is 3.89. The fourth-order valence-electron chi connectivity index (χ4n) is 0.999. The molecule has 2 aromatic rings. The van der Waals surface area contributed by atoms with Crippen molar-refractivity contribution in [1.29, 1.82) is 0 Å². The average Bonchev–Trinajstić information content (AvgIpc) is 2.59. The maximum absolute atomic E-state index is 10.9. The maximum Gasteiger partial charge on any atom is 0.406 e. The lowest BCUT2D eigenvalue weighted by Crippen LogP contribution is -1.97. The quantitative estimate of drug-likeness (QED) is 0.557. The molecule has 0 spiro atoms. The summed E-state index contributed by atoms with van der Waals surface area (Å²) in [7, 11) is 0. The second-order valence-corrected chi connectivity index (χ2v) is 2.55. The summed E-state index contributed by atoms with van der Waals surface area (Å²) in [5, 5.41) is 0. The van der Waals surface area contributed by atoms with E-state index in [0.717, 1.165) is 0 Å². The van der Waals surface area contributed by atoms with Crippen LogP contribution >= 0.6 is 12.9 Å². The van der Waals surface area contributed by atoms with Gasteiger partial charge in [0.15, 0.2) is 5.58 Å². The molecule has 1 heterocycles. The molecule has 66 valence electrons. The predicted octanol–water partition coefficient (Wildman–Crippen LogP) is 1.83. The van der Waals surface area contributed by atoms with Crippen LogP contribution in [0.5, 0.6) is 0 Å². The first-order chi connectivity index (χ1) is 6.31. The Morgan fingerprint density at radius 3 is 2.92 bits per heavy atom. The Bertz CT molecular complexity index is 418. The molecule has 2 rings (SSSR count). The number of para-hydroxylation sites is 2. The molecule has 0 radical (unpaired) electrons. The summed E-state index contributed by atoms with van der Waals surface area (Å²) < 4.78 is 9.25. The zero-order valence-electron chi connectivity index (χ0n) is 6.43. The molecule has 0 fully saturated rings. The predicted molar refractivity (Wildman–Crippen MR) is 48.4 cm³/mol. The van der Waals surface area contributed by atoms with Crippen LogP contribution in [0, 0.1) is 0 Å². The van der Waals surface area contributed by atoms with E-state index in [1.807, 2.05) is 0 Å². The van der Waals surface area contributed by atoms with Gasteiger partial charge in [-0.1, -0.05) is 12.1 Å². The molecule has 0 aliphatic heterocycles. The van der Waals surface area contributed by atoms with Crippen molar-refractivity contribution in [3.05, 3.63) is 30.2 Å². The van der Waals surface area contributed by atoms with Gasteiger partial charge in [-0.3, -0.25) is 0 Å². The number of aromatic nitrogens is 1. The fraction of sp³-hybridized carbons (Fsp3) is 0. The van der Waals surface area contributed by atoms with E-state index in [1.165, 1.54) is 0 Å². The molecule has 0 atom stereocenters. The zero-order chi connectivity index (χ0) is 9.26. The van der Waals surface area contributed by atoms with Gasteiger partial charge in [0.2, 0.25) is 0 Å². The number of carbonyl (C=O) groups excluding carboxylic acids is 1. The number of benzene rings is 1. The number of rotatable bonds is 1. The minimum Gasteiger partial charge on any atom is -0.431 e. The smallest absolute Gasteiger partial charge is 0.406 e. The third-order valence-electron chi connectivity index (χ3n) is 1.55. The molecule has 0 saturated carbocycles. The summed E-state index contributed by atoms with van der Waals surface area (Å²) >= 11 is 3.36. The molecular weight excluding hydrogens is 190 g/mol. The minimum absolute atomic E-state index is 0.0869. The van der Waals surface area contributed by atoms with Crippen LogP contribution in [-0.4, -0.2) is 11.0 Å². The Hall–Kier alpha value is -1.49. The van der Waals surface area contributed by atoms with Gasteiger partial charge in [-0.15, -0.1) is 0 Å². The number of fused-ring (bicyclic) bond motifs is 1. The fourth-order valence-corrected chi connectivity index (χ4v) is 1.08. The van der Waals surface area contributed by atoms with Crippen LogP contribution in [0.1, 0.15) is 10.7 Å². The highest BCUT2D eigenvalue weighted by molar-refractivity contribution is 7.75. The second-order valence-electron chi connectivity index (χ2n) is 2.37. The van der Waals surface area contributed by atoms with E-state index in [4.69, 9.17) is 4.42 Å². The molecule has 4 nitrogen and oxygen atoms in total. The Labute approximate surface area is 79.1 Å². The van der Waals surface area contributed by atoms with Gasteiger partial charge in [0, 0.05) is 12.9 Å². The van der Waals surface area contributed by atoms with Crippen molar-refractivity contribution in [2.24, 2.45) is 0 Å². The lowest BCUT2D eigenvalue weighted by atomic mass is 10.3. The van der Waals surface area contributed by atoms with Crippen molar-refractivity contribution in [2.75, 3.05) is 0 Å². The summed E-state index contributed by atoms with van der Waals surface area (Å²) in [5.41, 5.74) is 1.17. The second kappa shape index (κ2) is 3.10. The van der Waals surface area contributed by atoms with Gasteiger partial charge in [-0.05, 0) is 12.1 Å². The number of nitrogens with zero attached hydrogens (tertiary/aromatic N) is 1. The Balaban J connectivity index is 2.56. The van der Waals surface area contributed by atoms with Crippen LogP contribution in [0.25, 0.3) is 11.1 Å². The molecule has 0 unspecified atom stereocenters. The molecule has 0 amide bonds. The molecule has 1 aromatic heterocycles. The average molecular weight is 195 g/mol. The largest absolute Gasteiger partial charge is 0.431 e. The molecule has 0 aliphatic carbocycles. The normalized spacial score (nSPS) is 10.2. The summed E-state index contributed by atoms with van der Waals surface area (Å²) in [6.07, 6.45) is 0. The summed E-state index contributed by atoms with van der Waals surface area (Å²) in [6.45, 7) is 0. The van der Waals surface area contributed by atoms with Crippen molar-refractivity contribution in [3.63, 3.8) is 0 Å². The first-order valence-electron chi connectivity index (χ1n) is 3.52. The van der Waals surface area contributed by atoms with Gasteiger partial charge in [0.1, 0.15) is 5.52 Å². The van der Waals surface area contributed by atoms with Gasteiger partial charge in [0.25, 0.3) is 0 Å². The molecule has 0 bridgehead atoms. The van der Waals surface area contributed by atoms with E-state index < -0.39 is 5.97 Å². The molecule has 0 N–H and O–H groups in total. The SMILES string of the molecule is O=C(OS)c1nc2ccccc2o1. The molecule has 5 heteroatoms. The number of thiol groups is 1. The van der Waals surface area contributed by atoms with Crippen molar-refractivity contribution in [2.45, 2.75) is 0 Å². The first kappa shape index (κ1) is 8.12. The summed E-state index contributed by atoms with van der Waals surface area (Å²) in [4.78, 5) is 14.8. The summed E-state index contributed by atoms with van der Waals surface area (Å²) in [6, 6.07) is 7.07. The standard InChI is InChI=1S/C8H5NO3S/c10-8(12-13)7-9-5-3-1-2-4-6(5)11-7/h1-4,13H. The van der Waals surface area contributed by atoms with Gasteiger partial charge < -0.3 is 8.60 Å². The monoisotopic (exact) mass is 195 g/mol. The van der Waals surface area contributed by atoms with Crippen molar-refractivity contribution < 1.29 is 13.4 Å². The highest BCUT2D eigenvalue weighted by Crippen LogP contribution is 2.15. The van der Waals surface area contributed by atoms with Crippen molar-refractivity contribution in [1.82, 2.24) is 4.98 Å². The van der Waals surface area contributed by atoms with E-state index in [0.29, 0.717) is 11.1 Å². The highest BCUT2D eigenvalue weighted by Gasteiger charge is 2.14. The molecule has 1 aromatic carbocycles.